The van der Waals surface area contributed by atoms with Gasteiger partial charge in [-0.3, -0.25) is 0 Å². The fraction of sp³-hybridized carbons (Fsp3) is 0.0909. The molecule has 0 bridgehead atoms. The van der Waals surface area contributed by atoms with Crippen LogP contribution in [0.25, 0.3) is 15.7 Å². The van der Waals surface area contributed by atoms with Crippen LogP contribution in [0.2, 0.25) is 0 Å². The van der Waals surface area contributed by atoms with E-state index in [1.54, 1.807) is 19.1 Å². The molecule has 2 aromatic rings. The molecule has 0 aliphatic carbocycles. The fourth-order valence-electron chi connectivity index (χ4n) is 1.56. The quantitative estimate of drug-likeness (QED) is 0.640. The summed E-state index contributed by atoms with van der Waals surface area (Å²) in [6, 6.07) is 8.93. The molecule has 3 nitrogen and oxygen atoms in total. The average Bonchev–Trinajstić information content (AvgIpc) is 2.23. The van der Waals surface area contributed by atoms with Gasteiger partial charge in [-0.1, -0.05) is 18.2 Å². The first-order chi connectivity index (χ1) is 6.74. The molecule has 0 saturated carbocycles. The van der Waals surface area contributed by atoms with Crippen LogP contribution in [0.3, 0.4) is 0 Å². The molecule has 0 spiro atoms. The lowest BCUT2D eigenvalue weighted by atomic mass is 10.0. The third kappa shape index (κ3) is 1.09. The van der Waals surface area contributed by atoms with E-state index in [2.05, 4.69) is 4.98 Å². The zero-order valence-corrected chi connectivity index (χ0v) is 7.73. The average molecular weight is 185 g/mol. The van der Waals surface area contributed by atoms with Crippen molar-refractivity contribution in [3.05, 3.63) is 40.9 Å². The highest BCUT2D eigenvalue weighted by molar-refractivity contribution is 5.98. The summed E-state index contributed by atoms with van der Waals surface area (Å²) in [7, 11) is 0. The minimum absolute atomic E-state index is 0.244. The second-order valence-electron chi connectivity index (χ2n) is 3.21. The summed E-state index contributed by atoms with van der Waals surface area (Å²) in [5, 5.41) is 20.0. The Labute approximate surface area is 81.2 Å². The van der Waals surface area contributed by atoms with Crippen molar-refractivity contribution < 1.29 is 5.11 Å². The van der Waals surface area contributed by atoms with E-state index in [9.17, 15) is 5.11 Å². The lowest BCUT2D eigenvalue weighted by Crippen LogP contribution is -1.78. The van der Waals surface area contributed by atoms with E-state index in [-0.39, 0.29) is 5.75 Å². The van der Waals surface area contributed by atoms with Gasteiger partial charge in [0, 0.05) is 11.5 Å². The van der Waals surface area contributed by atoms with Gasteiger partial charge >= 0.3 is 5.69 Å². The summed E-state index contributed by atoms with van der Waals surface area (Å²) >= 11 is 0. The Morgan fingerprint density at radius 2 is 1.86 bits per heavy atom. The molecule has 0 heterocycles. The maximum Gasteiger partial charge on any atom is 0.393 e. The first-order valence-corrected chi connectivity index (χ1v) is 4.30. The predicted octanol–water partition coefficient (Wildman–Crippen LogP) is 3.34. The van der Waals surface area contributed by atoms with Gasteiger partial charge in [0.25, 0.3) is 0 Å². The van der Waals surface area contributed by atoms with Crippen molar-refractivity contribution in [2.45, 2.75) is 6.92 Å². The first kappa shape index (κ1) is 8.52. The number of hydrogen-bond acceptors (Lipinski definition) is 2. The van der Waals surface area contributed by atoms with Crippen LogP contribution in [0.15, 0.2) is 30.3 Å². The molecular formula is C11H9N2O+. The van der Waals surface area contributed by atoms with E-state index in [0.29, 0.717) is 16.6 Å². The Bertz CT molecular complexity index is 541. The molecule has 0 amide bonds. The molecule has 14 heavy (non-hydrogen) atoms. The number of phenolic OH excluding ortho intramolecular Hbond substituents is 1. The monoisotopic (exact) mass is 185 g/mol. The molecule has 2 rings (SSSR count). The van der Waals surface area contributed by atoms with Gasteiger partial charge in [0.15, 0.2) is 4.98 Å². The molecule has 0 unspecified atom stereocenters. The highest BCUT2D eigenvalue weighted by Crippen LogP contribution is 2.35. The van der Waals surface area contributed by atoms with Crippen molar-refractivity contribution in [1.82, 2.24) is 0 Å². The molecule has 0 fully saturated rings. The van der Waals surface area contributed by atoms with Crippen LogP contribution >= 0.6 is 0 Å². The van der Waals surface area contributed by atoms with Gasteiger partial charge in [-0.15, -0.1) is 0 Å². The maximum atomic E-state index is 9.75. The summed E-state index contributed by atoms with van der Waals surface area (Å²) in [4.78, 5) is 3.19. The highest BCUT2D eigenvalue weighted by atomic mass is 16.3. The zero-order chi connectivity index (χ0) is 10.1. The maximum absolute atomic E-state index is 9.75. The minimum Gasteiger partial charge on any atom is -0.507 e. The summed E-state index contributed by atoms with van der Waals surface area (Å²) in [6.07, 6.45) is 0. The van der Waals surface area contributed by atoms with E-state index in [1.165, 1.54) is 0 Å². The summed E-state index contributed by atoms with van der Waals surface area (Å²) in [6.45, 7) is 1.77. The predicted molar refractivity (Wildman–Crippen MR) is 55.1 cm³/mol. The smallest absolute Gasteiger partial charge is 0.393 e. The highest BCUT2D eigenvalue weighted by Gasteiger charge is 2.15. The molecule has 68 valence electrons. The summed E-state index contributed by atoms with van der Waals surface area (Å²) < 4.78 is 0. The van der Waals surface area contributed by atoms with Crippen LogP contribution in [0, 0.1) is 12.3 Å². The lowest BCUT2D eigenvalue weighted by Gasteiger charge is -2.00. The number of hydrogen-bond donors (Lipinski definition) is 1. The standard InChI is InChI=1S/C11H8N2O/c1-7-6-10(13-12)8-4-2-3-5-9(8)11(7)14/h2-6H,1H3/p+1. The number of diazo groups is 1. The Hall–Kier alpha value is -2.08. The van der Waals surface area contributed by atoms with Crippen molar-refractivity contribution in [1.29, 1.82) is 5.39 Å². The molecule has 0 aliphatic heterocycles. The molecule has 0 aromatic heterocycles. The minimum atomic E-state index is 0.244. The molecule has 3 heteroatoms. The van der Waals surface area contributed by atoms with Crippen LogP contribution < -0.4 is 0 Å². The third-order valence-corrected chi connectivity index (χ3v) is 2.29. The lowest BCUT2D eigenvalue weighted by molar-refractivity contribution is 0.477. The van der Waals surface area contributed by atoms with E-state index < -0.39 is 0 Å². The van der Waals surface area contributed by atoms with Crippen LogP contribution in [-0.2, 0) is 0 Å². The normalized spacial score (nSPS) is 10.0. The molecule has 1 N–H and O–H groups in total. The van der Waals surface area contributed by atoms with Gasteiger partial charge in [0.1, 0.15) is 5.75 Å². The van der Waals surface area contributed by atoms with E-state index in [4.69, 9.17) is 5.39 Å². The van der Waals surface area contributed by atoms with Gasteiger partial charge in [0.2, 0.25) is 5.39 Å². The Morgan fingerprint density at radius 3 is 2.50 bits per heavy atom. The number of rotatable bonds is 0. The van der Waals surface area contributed by atoms with Crippen molar-refractivity contribution in [3.63, 3.8) is 0 Å². The van der Waals surface area contributed by atoms with Crippen LogP contribution in [0.1, 0.15) is 5.56 Å². The van der Waals surface area contributed by atoms with Crippen molar-refractivity contribution in [2.24, 2.45) is 0 Å². The van der Waals surface area contributed by atoms with Gasteiger partial charge in [-0.05, 0) is 18.6 Å². The number of fused-ring (bicyclic) bond motifs is 1. The first-order valence-electron chi connectivity index (χ1n) is 4.30. The Kier molecular flexibility index (Phi) is 1.83. The molecule has 2 aromatic carbocycles. The number of benzene rings is 2. The molecular weight excluding hydrogens is 176 g/mol. The van der Waals surface area contributed by atoms with Gasteiger partial charge in [-0.25, -0.2) is 0 Å². The van der Waals surface area contributed by atoms with Crippen molar-refractivity contribution in [3.8, 4) is 5.75 Å². The van der Waals surface area contributed by atoms with E-state index in [1.807, 2.05) is 18.2 Å². The second-order valence-corrected chi connectivity index (χ2v) is 3.21. The zero-order valence-electron chi connectivity index (χ0n) is 7.73. The number of aryl methyl sites for hydroxylation is 1. The summed E-state index contributed by atoms with van der Waals surface area (Å²) in [5.74, 6) is 0.244. The number of nitrogens with zero attached hydrogens (tertiary/aromatic N) is 2. The topological polar surface area (TPSA) is 48.4 Å². The second kappa shape index (κ2) is 3.00. The number of aromatic hydroxyl groups is 1. The van der Waals surface area contributed by atoms with Crippen molar-refractivity contribution in [2.75, 3.05) is 0 Å². The Morgan fingerprint density at radius 1 is 1.21 bits per heavy atom. The van der Waals surface area contributed by atoms with Crippen LogP contribution in [-0.4, -0.2) is 5.11 Å². The van der Waals surface area contributed by atoms with E-state index >= 15 is 0 Å². The molecule has 0 saturated heterocycles. The summed E-state index contributed by atoms with van der Waals surface area (Å²) in [5.41, 5.74) is 1.19. The van der Waals surface area contributed by atoms with Crippen molar-refractivity contribution >= 4 is 16.5 Å². The third-order valence-electron chi connectivity index (χ3n) is 2.29. The molecule has 0 aliphatic rings. The number of phenols is 1. The van der Waals surface area contributed by atoms with Crippen LogP contribution in [0.4, 0.5) is 5.69 Å². The largest absolute Gasteiger partial charge is 0.507 e. The SMILES string of the molecule is Cc1cc([N+]#N)c2ccccc2c1O. The van der Waals surface area contributed by atoms with Gasteiger partial charge in [0.05, 0.1) is 5.39 Å². The molecule has 0 radical (unpaired) electrons. The molecule has 0 atom stereocenters. The van der Waals surface area contributed by atoms with Gasteiger partial charge < -0.3 is 5.11 Å². The Balaban J connectivity index is 2.99. The van der Waals surface area contributed by atoms with Crippen LogP contribution in [0.5, 0.6) is 5.75 Å². The fourth-order valence-corrected chi connectivity index (χ4v) is 1.56. The van der Waals surface area contributed by atoms with Gasteiger partial charge in [-0.2, -0.15) is 0 Å². The van der Waals surface area contributed by atoms with E-state index in [0.717, 1.165) is 5.39 Å².